The molecule has 0 saturated carbocycles. The molecule has 0 fully saturated rings. The van der Waals surface area contributed by atoms with Gasteiger partial charge >= 0.3 is 5.97 Å². The molecular weight excluding hydrogens is 420 g/mol. The lowest BCUT2D eigenvalue weighted by atomic mass is 10.2. The van der Waals surface area contributed by atoms with Crippen LogP contribution in [0, 0.1) is 11.3 Å². The van der Waals surface area contributed by atoms with Gasteiger partial charge in [-0.05, 0) is 31.2 Å². The van der Waals surface area contributed by atoms with E-state index in [9.17, 15) is 13.2 Å². The zero-order valence-corrected chi connectivity index (χ0v) is 17.8. The molecule has 0 N–H and O–H groups in total. The topological polar surface area (TPSA) is 106 Å². The molecule has 2 rings (SSSR count). The van der Waals surface area contributed by atoms with E-state index in [1.807, 2.05) is 6.07 Å². The van der Waals surface area contributed by atoms with Gasteiger partial charge in [-0.1, -0.05) is 11.6 Å². The molecule has 2 aromatic carbocycles. The largest absolute Gasteiger partial charge is 0.495 e. The van der Waals surface area contributed by atoms with E-state index in [1.54, 1.807) is 6.92 Å². The standard InChI is InChI=1S/C19H19ClN2O6S/c1-5-27-16-9-12(11-21)8-14(20)18(16)28-19(23)13-6-7-15(26-4)17(10-13)29(24,25)22(2)3/h6-10H,5H2,1-4H3. The van der Waals surface area contributed by atoms with Crippen molar-refractivity contribution in [1.82, 2.24) is 4.31 Å². The van der Waals surface area contributed by atoms with E-state index in [0.717, 1.165) is 10.4 Å². The number of nitriles is 1. The third-order valence-electron chi connectivity index (χ3n) is 3.79. The number of carbonyl (C=O) groups excluding carboxylic acids is 1. The van der Waals surface area contributed by atoms with Crippen LogP contribution in [-0.2, 0) is 10.0 Å². The molecule has 10 heteroatoms. The van der Waals surface area contributed by atoms with Crippen LogP contribution in [0.5, 0.6) is 17.2 Å². The number of halogens is 1. The number of ether oxygens (including phenoxy) is 3. The minimum atomic E-state index is -3.87. The maximum Gasteiger partial charge on any atom is 0.343 e. The van der Waals surface area contributed by atoms with E-state index in [0.29, 0.717) is 0 Å². The molecule has 2 aromatic rings. The minimum absolute atomic E-state index is 0.00972. The highest BCUT2D eigenvalue weighted by atomic mass is 35.5. The first kappa shape index (κ1) is 22.5. The third kappa shape index (κ3) is 4.79. The van der Waals surface area contributed by atoms with Crippen LogP contribution in [0.1, 0.15) is 22.8 Å². The number of hydrogen-bond acceptors (Lipinski definition) is 7. The normalized spacial score (nSPS) is 11.1. The summed E-state index contributed by atoms with van der Waals surface area (Å²) in [5.74, 6) is -0.706. The second-order valence-electron chi connectivity index (χ2n) is 5.87. The van der Waals surface area contributed by atoms with Crippen molar-refractivity contribution in [2.45, 2.75) is 11.8 Å². The van der Waals surface area contributed by atoms with E-state index in [2.05, 4.69) is 0 Å². The summed E-state index contributed by atoms with van der Waals surface area (Å²) in [7, 11) is 0.189. The Hall–Kier alpha value is -2.80. The number of rotatable bonds is 7. The highest BCUT2D eigenvalue weighted by molar-refractivity contribution is 7.89. The van der Waals surface area contributed by atoms with Crippen molar-refractivity contribution < 1.29 is 27.4 Å². The number of carbonyl (C=O) groups is 1. The second-order valence-corrected chi connectivity index (χ2v) is 8.40. The Balaban J connectivity index is 2.49. The van der Waals surface area contributed by atoms with Crippen molar-refractivity contribution >= 4 is 27.6 Å². The van der Waals surface area contributed by atoms with Gasteiger partial charge in [0.1, 0.15) is 10.6 Å². The Kier molecular flexibility index (Phi) is 7.08. The Morgan fingerprint density at radius 3 is 2.45 bits per heavy atom. The van der Waals surface area contributed by atoms with Crippen LogP contribution in [0.3, 0.4) is 0 Å². The molecule has 0 unspecified atom stereocenters. The lowest BCUT2D eigenvalue weighted by Crippen LogP contribution is -2.23. The number of benzene rings is 2. The summed E-state index contributed by atoms with van der Waals surface area (Å²) in [6.07, 6.45) is 0. The molecule has 0 amide bonds. The molecule has 0 saturated heterocycles. The molecule has 0 radical (unpaired) electrons. The zero-order valence-electron chi connectivity index (χ0n) is 16.2. The number of sulfonamides is 1. The summed E-state index contributed by atoms with van der Waals surface area (Å²) in [5, 5.41) is 9.07. The summed E-state index contributed by atoms with van der Waals surface area (Å²) in [6.45, 7) is 1.98. The Morgan fingerprint density at radius 2 is 1.90 bits per heavy atom. The second kappa shape index (κ2) is 9.13. The number of methoxy groups -OCH3 is 1. The van der Waals surface area contributed by atoms with Gasteiger partial charge in [-0.25, -0.2) is 17.5 Å². The van der Waals surface area contributed by atoms with Crippen LogP contribution in [-0.4, -0.2) is 46.5 Å². The van der Waals surface area contributed by atoms with Gasteiger partial charge in [-0.3, -0.25) is 0 Å². The molecule has 8 nitrogen and oxygen atoms in total. The van der Waals surface area contributed by atoms with Crippen LogP contribution >= 0.6 is 11.6 Å². The Labute approximate surface area is 174 Å². The van der Waals surface area contributed by atoms with Crippen molar-refractivity contribution in [2.24, 2.45) is 0 Å². The quantitative estimate of drug-likeness (QED) is 0.483. The zero-order chi connectivity index (χ0) is 21.8. The van der Waals surface area contributed by atoms with Crippen LogP contribution in [0.4, 0.5) is 0 Å². The van der Waals surface area contributed by atoms with E-state index in [4.69, 9.17) is 31.1 Å². The molecule has 0 aliphatic rings. The van der Waals surface area contributed by atoms with Crippen molar-refractivity contribution in [1.29, 1.82) is 5.26 Å². The molecule has 154 valence electrons. The highest BCUT2D eigenvalue weighted by Gasteiger charge is 2.25. The molecule has 29 heavy (non-hydrogen) atoms. The van der Waals surface area contributed by atoms with Gasteiger partial charge in [0.15, 0.2) is 11.5 Å². The molecule has 0 aliphatic carbocycles. The SMILES string of the molecule is CCOc1cc(C#N)cc(Cl)c1OC(=O)c1ccc(OC)c(S(=O)(=O)N(C)C)c1. The fourth-order valence-corrected chi connectivity index (χ4v) is 3.67. The highest BCUT2D eigenvalue weighted by Crippen LogP contribution is 2.37. The van der Waals surface area contributed by atoms with Crippen LogP contribution in [0.2, 0.25) is 5.02 Å². The lowest BCUT2D eigenvalue weighted by Gasteiger charge is -2.16. The summed E-state index contributed by atoms with van der Waals surface area (Å²) in [5.41, 5.74) is 0.205. The first-order valence-electron chi connectivity index (χ1n) is 8.34. The van der Waals surface area contributed by atoms with E-state index >= 15 is 0 Å². The van der Waals surface area contributed by atoms with Gasteiger partial charge in [-0.15, -0.1) is 0 Å². The molecule has 0 aromatic heterocycles. The first-order valence-corrected chi connectivity index (χ1v) is 10.2. The number of esters is 1. The van der Waals surface area contributed by atoms with Crippen molar-refractivity contribution in [3.8, 4) is 23.3 Å². The fraction of sp³-hybridized carbons (Fsp3) is 0.263. The molecular formula is C19H19ClN2O6S. The van der Waals surface area contributed by atoms with Crippen molar-refractivity contribution in [3.05, 3.63) is 46.5 Å². The van der Waals surface area contributed by atoms with E-state index in [1.165, 1.54) is 45.5 Å². The first-order chi connectivity index (χ1) is 13.6. The van der Waals surface area contributed by atoms with Gasteiger partial charge in [0.05, 0.1) is 35.9 Å². The van der Waals surface area contributed by atoms with Crippen molar-refractivity contribution in [2.75, 3.05) is 27.8 Å². The van der Waals surface area contributed by atoms with E-state index < -0.39 is 16.0 Å². The lowest BCUT2D eigenvalue weighted by molar-refractivity contribution is 0.0728. The Bertz CT molecular complexity index is 1080. The summed E-state index contributed by atoms with van der Waals surface area (Å²) < 4.78 is 41.9. The molecule has 0 bridgehead atoms. The van der Waals surface area contributed by atoms with Crippen LogP contribution in [0.25, 0.3) is 0 Å². The smallest absolute Gasteiger partial charge is 0.343 e. The maximum atomic E-state index is 12.7. The van der Waals surface area contributed by atoms with Gasteiger partial charge in [0.25, 0.3) is 0 Å². The fourth-order valence-electron chi connectivity index (χ4n) is 2.35. The number of hydrogen-bond donors (Lipinski definition) is 0. The predicted octanol–water partition coefficient (Wildman–Crippen LogP) is 3.09. The third-order valence-corrected chi connectivity index (χ3v) is 5.91. The van der Waals surface area contributed by atoms with E-state index in [-0.39, 0.29) is 44.9 Å². The predicted molar refractivity (Wildman–Crippen MR) is 106 cm³/mol. The van der Waals surface area contributed by atoms with Crippen LogP contribution < -0.4 is 14.2 Å². The monoisotopic (exact) mass is 438 g/mol. The number of nitrogens with zero attached hydrogens (tertiary/aromatic N) is 2. The Morgan fingerprint density at radius 1 is 1.21 bits per heavy atom. The average molecular weight is 439 g/mol. The van der Waals surface area contributed by atoms with Gasteiger partial charge < -0.3 is 14.2 Å². The molecule has 0 atom stereocenters. The maximum absolute atomic E-state index is 12.7. The van der Waals surface area contributed by atoms with Gasteiger partial charge in [0, 0.05) is 20.2 Å². The van der Waals surface area contributed by atoms with Gasteiger partial charge in [0.2, 0.25) is 10.0 Å². The summed E-state index contributed by atoms with van der Waals surface area (Å²) >= 11 is 6.14. The molecule has 0 heterocycles. The average Bonchev–Trinajstić information content (AvgIpc) is 2.69. The van der Waals surface area contributed by atoms with Gasteiger partial charge in [-0.2, -0.15) is 5.26 Å². The van der Waals surface area contributed by atoms with Crippen LogP contribution in [0.15, 0.2) is 35.2 Å². The van der Waals surface area contributed by atoms with Crippen molar-refractivity contribution in [3.63, 3.8) is 0 Å². The summed E-state index contributed by atoms with van der Waals surface area (Å²) in [6, 6.07) is 8.56. The minimum Gasteiger partial charge on any atom is -0.495 e. The molecule has 0 spiro atoms. The summed E-state index contributed by atoms with van der Waals surface area (Å²) in [4.78, 5) is 12.5. The molecule has 0 aliphatic heterocycles.